The number of hydrogen-bond donors (Lipinski definition) is 2. The molecule has 2 heterocycles. The summed E-state index contributed by atoms with van der Waals surface area (Å²) in [6.45, 7) is 2.08. The van der Waals surface area contributed by atoms with Gasteiger partial charge in [0.25, 0.3) is 0 Å². The highest BCUT2D eigenvalue weighted by atomic mass is 79.9. The first-order valence-corrected chi connectivity index (χ1v) is 5.41. The minimum atomic E-state index is 0.211. The number of aromatic nitrogens is 3. The number of nitrogens with zero attached hydrogens (tertiary/aromatic N) is 2. The standard InChI is InChI=1S/C10H11BrN4/c1-7(8-4-13-14-5-8)15-10-2-3-12-6-9(10)11/h2-7H,1H3,(H,12,15)(H,13,14). The van der Waals surface area contributed by atoms with Crippen molar-refractivity contribution in [2.75, 3.05) is 5.32 Å². The SMILES string of the molecule is CC(Nc1ccncc1Br)c1cn[nH]c1. The molecule has 15 heavy (non-hydrogen) atoms. The molecule has 2 aromatic heterocycles. The topological polar surface area (TPSA) is 53.6 Å². The normalized spacial score (nSPS) is 12.4. The van der Waals surface area contributed by atoms with Crippen LogP contribution < -0.4 is 5.32 Å². The van der Waals surface area contributed by atoms with E-state index in [0.29, 0.717) is 0 Å². The molecule has 2 rings (SSSR count). The van der Waals surface area contributed by atoms with Gasteiger partial charge in [-0.2, -0.15) is 5.10 Å². The fourth-order valence-electron chi connectivity index (χ4n) is 1.31. The van der Waals surface area contributed by atoms with Gasteiger partial charge in [0.15, 0.2) is 0 Å². The second kappa shape index (κ2) is 4.44. The smallest absolute Gasteiger partial charge is 0.0590 e. The van der Waals surface area contributed by atoms with E-state index in [-0.39, 0.29) is 6.04 Å². The molecule has 0 amide bonds. The molecule has 0 aliphatic heterocycles. The first kappa shape index (κ1) is 10.2. The molecule has 2 aromatic rings. The fourth-order valence-corrected chi connectivity index (χ4v) is 1.67. The number of aromatic amines is 1. The lowest BCUT2D eigenvalue weighted by atomic mass is 10.2. The Bertz CT molecular complexity index is 427. The predicted octanol–water partition coefficient (Wildman–Crippen LogP) is 2.74. The second-order valence-corrected chi connectivity index (χ2v) is 4.11. The van der Waals surface area contributed by atoms with Crippen molar-refractivity contribution >= 4 is 21.6 Å². The van der Waals surface area contributed by atoms with Crippen LogP contribution in [0.25, 0.3) is 0 Å². The van der Waals surface area contributed by atoms with Crippen LogP contribution in [0.4, 0.5) is 5.69 Å². The van der Waals surface area contributed by atoms with Gasteiger partial charge in [-0.05, 0) is 28.9 Å². The summed E-state index contributed by atoms with van der Waals surface area (Å²) in [5.41, 5.74) is 2.15. The van der Waals surface area contributed by atoms with Crippen LogP contribution in [0.3, 0.4) is 0 Å². The number of pyridine rings is 1. The molecule has 0 aromatic carbocycles. The van der Waals surface area contributed by atoms with E-state index in [9.17, 15) is 0 Å². The Morgan fingerprint density at radius 1 is 1.47 bits per heavy atom. The molecule has 0 aliphatic carbocycles. The molecule has 1 atom stereocenters. The van der Waals surface area contributed by atoms with Gasteiger partial charge in [-0.15, -0.1) is 0 Å². The summed E-state index contributed by atoms with van der Waals surface area (Å²) >= 11 is 3.44. The van der Waals surface area contributed by atoms with Crippen molar-refractivity contribution in [3.8, 4) is 0 Å². The van der Waals surface area contributed by atoms with Crippen molar-refractivity contribution in [2.24, 2.45) is 0 Å². The average Bonchev–Trinajstić information content (AvgIpc) is 2.74. The summed E-state index contributed by atoms with van der Waals surface area (Å²) < 4.78 is 0.959. The molecule has 5 heteroatoms. The first-order valence-electron chi connectivity index (χ1n) is 4.62. The lowest BCUT2D eigenvalue weighted by Gasteiger charge is -2.14. The highest BCUT2D eigenvalue weighted by molar-refractivity contribution is 9.10. The molecule has 0 spiro atoms. The van der Waals surface area contributed by atoms with Gasteiger partial charge < -0.3 is 5.32 Å². The zero-order valence-electron chi connectivity index (χ0n) is 8.24. The van der Waals surface area contributed by atoms with Crippen LogP contribution in [0.5, 0.6) is 0 Å². The third-order valence-electron chi connectivity index (χ3n) is 2.16. The molecule has 0 bridgehead atoms. The number of H-pyrrole nitrogens is 1. The van der Waals surface area contributed by atoms with Crippen molar-refractivity contribution in [2.45, 2.75) is 13.0 Å². The summed E-state index contributed by atoms with van der Waals surface area (Å²) in [6, 6.07) is 2.14. The Morgan fingerprint density at radius 3 is 3.00 bits per heavy atom. The van der Waals surface area contributed by atoms with Crippen LogP contribution in [0.2, 0.25) is 0 Å². The zero-order chi connectivity index (χ0) is 10.7. The number of anilines is 1. The third kappa shape index (κ3) is 2.36. The van der Waals surface area contributed by atoms with Gasteiger partial charge in [-0.25, -0.2) is 0 Å². The first-order chi connectivity index (χ1) is 7.27. The second-order valence-electron chi connectivity index (χ2n) is 3.25. The van der Waals surface area contributed by atoms with Gasteiger partial charge >= 0.3 is 0 Å². The zero-order valence-corrected chi connectivity index (χ0v) is 9.82. The van der Waals surface area contributed by atoms with E-state index >= 15 is 0 Å². The maximum Gasteiger partial charge on any atom is 0.0590 e. The van der Waals surface area contributed by atoms with Crippen molar-refractivity contribution in [1.29, 1.82) is 0 Å². The Kier molecular flexibility index (Phi) is 3.01. The number of nitrogens with one attached hydrogen (secondary N) is 2. The van der Waals surface area contributed by atoms with Gasteiger partial charge in [0.05, 0.1) is 22.4 Å². The highest BCUT2D eigenvalue weighted by Gasteiger charge is 2.07. The Balaban J connectivity index is 2.13. The van der Waals surface area contributed by atoms with Crippen LogP contribution >= 0.6 is 15.9 Å². The number of hydrogen-bond acceptors (Lipinski definition) is 3. The summed E-state index contributed by atoms with van der Waals surface area (Å²) in [5, 5.41) is 10.1. The quantitative estimate of drug-likeness (QED) is 0.899. The Morgan fingerprint density at radius 2 is 2.33 bits per heavy atom. The molecule has 0 saturated heterocycles. The molecule has 0 saturated carbocycles. The van der Waals surface area contributed by atoms with Gasteiger partial charge in [-0.3, -0.25) is 10.1 Å². The van der Waals surface area contributed by atoms with Crippen LogP contribution in [0, 0.1) is 0 Å². The molecule has 0 radical (unpaired) electrons. The maximum atomic E-state index is 4.01. The van der Waals surface area contributed by atoms with Crippen LogP contribution in [0.15, 0.2) is 35.3 Å². The van der Waals surface area contributed by atoms with Crippen molar-refractivity contribution < 1.29 is 0 Å². The average molecular weight is 267 g/mol. The summed E-state index contributed by atoms with van der Waals surface area (Å²) in [6.07, 6.45) is 7.22. The molecular weight excluding hydrogens is 256 g/mol. The molecule has 0 aliphatic rings. The molecule has 1 unspecified atom stereocenters. The van der Waals surface area contributed by atoms with E-state index in [1.54, 1.807) is 12.4 Å². The summed E-state index contributed by atoms with van der Waals surface area (Å²) in [7, 11) is 0. The fraction of sp³-hybridized carbons (Fsp3) is 0.200. The van der Waals surface area contributed by atoms with Crippen LogP contribution in [-0.4, -0.2) is 15.2 Å². The molecule has 0 fully saturated rings. The highest BCUT2D eigenvalue weighted by Crippen LogP contribution is 2.24. The Hall–Kier alpha value is -1.36. The van der Waals surface area contributed by atoms with Crippen LogP contribution in [0.1, 0.15) is 18.5 Å². The number of halogens is 1. The minimum absolute atomic E-state index is 0.211. The van der Waals surface area contributed by atoms with E-state index in [1.165, 1.54) is 0 Å². The van der Waals surface area contributed by atoms with E-state index in [2.05, 4.69) is 43.4 Å². The summed E-state index contributed by atoms with van der Waals surface area (Å²) in [5.74, 6) is 0. The Labute approximate surface area is 96.3 Å². The summed E-state index contributed by atoms with van der Waals surface area (Å²) in [4.78, 5) is 4.01. The predicted molar refractivity (Wildman–Crippen MR) is 62.6 cm³/mol. The third-order valence-corrected chi connectivity index (χ3v) is 2.80. The lowest BCUT2D eigenvalue weighted by Crippen LogP contribution is -2.06. The molecule has 78 valence electrons. The monoisotopic (exact) mass is 266 g/mol. The van der Waals surface area contributed by atoms with Gasteiger partial charge in [0.1, 0.15) is 0 Å². The van der Waals surface area contributed by atoms with Crippen molar-refractivity contribution in [1.82, 2.24) is 15.2 Å². The van der Waals surface area contributed by atoms with E-state index in [0.717, 1.165) is 15.7 Å². The van der Waals surface area contributed by atoms with E-state index in [1.807, 2.05) is 18.5 Å². The van der Waals surface area contributed by atoms with Gasteiger partial charge in [-0.1, -0.05) is 0 Å². The van der Waals surface area contributed by atoms with Gasteiger partial charge in [0.2, 0.25) is 0 Å². The van der Waals surface area contributed by atoms with Crippen LogP contribution in [-0.2, 0) is 0 Å². The lowest BCUT2D eigenvalue weighted by molar-refractivity contribution is 0.884. The molecule has 4 nitrogen and oxygen atoms in total. The van der Waals surface area contributed by atoms with E-state index in [4.69, 9.17) is 0 Å². The number of rotatable bonds is 3. The van der Waals surface area contributed by atoms with E-state index < -0.39 is 0 Å². The molecular formula is C10H11BrN4. The maximum absolute atomic E-state index is 4.01. The van der Waals surface area contributed by atoms with Crippen molar-refractivity contribution in [3.05, 3.63) is 40.9 Å². The van der Waals surface area contributed by atoms with Crippen molar-refractivity contribution in [3.63, 3.8) is 0 Å². The minimum Gasteiger partial charge on any atom is -0.377 e. The van der Waals surface area contributed by atoms with Gasteiger partial charge in [0, 0.05) is 24.2 Å². The molecule has 2 N–H and O–H groups in total. The largest absolute Gasteiger partial charge is 0.377 e.